The molecule has 0 aliphatic carbocycles. The Labute approximate surface area is 123 Å². The van der Waals surface area contributed by atoms with Crippen LogP contribution in [0.3, 0.4) is 0 Å². The van der Waals surface area contributed by atoms with E-state index in [9.17, 15) is 10.1 Å². The Balaban J connectivity index is 2.97. The fraction of sp³-hybridized carbons (Fsp3) is 0.571. The van der Waals surface area contributed by atoms with E-state index >= 15 is 0 Å². The van der Waals surface area contributed by atoms with Gasteiger partial charge in [0.2, 0.25) is 0 Å². The molecule has 1 unspecified atom stereocenters. The first-order valence-electron chi connectivity index (χ1n) is 6.58. The number of esters is 1. The fourth-order valence-corrected chi connectivity index (χ4v) is 2.80. The van der Waals surface area contributed by atoms with Crippen LogP contribution in [0.25, 0.3) is 0 Å². The van der Waals surface area contributed by atoms with Crippen LogP contribution >= 0.6 is 11.8 Å². The Hall–Kier alpha value is -1.61. The summed E-state index contributed by atoms with van der Waals surface area (Å²) >= 11 is 1.38. The van der Waals surface area contributed by atoms with E-state index in [2.05, 4.69) is 21.0 Å². The van der Waals surface area contributed by atoms with E-state index in [1.807, 2.05) is 13.8 Å². The summed E-state index contributed by atoms with van der Waals surface area (Å²) in [5, 5.41) is 18.2. The molecule has 5 nitrogen and oxygen atoms in total. The van der Waals surface area contributed by atoms with Gasteiger partial charge in [0.05, 0.1) is 24.3 Å². The second-order valence-corrected chi connectivity index (χ2v) is 5.37. The molecule has 0 saturated heterocycles. The number of thioether (sulfide) groups is 1. The molecule has 0 N–H and O–H groups in total. The second kappa shape index (κ2) is 7.85. The maximum Gasteiger partial charge on any atom is 0.309 e. The number of hydrogen-bond acceptors (Lipinski definition) is 6. The predicted octanol–water partition coefficient (Wildman–Crippen LogP) is 2.37. The average Bonchev–Trinajstić information content (AvgIpc) is 2.50. The number of carbonyl (C=O) groups excluding carboxylic acids is 1. The van der Waals surface area contributed by atoms with Gasteiger partial charge in [0.15, 0.2) is 0 Å². The molecule has 1 aromatic rings. The van der Waals surface area contributed by atoms with Crippen LogP contribution < -0.4 is 0 Å². The molecule has 0 aliphatic rings. The first-order valence-corrected chi connectivity index (χ1v) is 7.56. The Morgan fingerprint density at radius 1 is 1.40 bits per heavy atom. The highest BCUT2D eigenvalue weighted by Crippen LogP contribution is 2.26. The minimum absolute atomic E-state index is 0.241. The normalized spacial score (nSPS) is 11.8. The number of aromatic nitrogens is 2. The number of carbonyl (C=O) groups is 1. The molecule has 6 heteroatoms. The molecule has 20 heavy (non-hydrogen) atoms. The van der Waals surface area contributed by atoms with Crippen LogP contribution in [0.15, 0.2) is 5.03 Å². The number of nitrogens with zero attached hydrogens (tertiary/aromatic N) is 3. The topological polar surface area (TPSA) is 75.9 Å². The van der Waals surface area contributed by atoms with E-state index < -0.39 is 0 Å². The van der Waals surface area contributed by atoms with Gasteiger partial charge in [-0.3, -0.25) is 4.79 Å². The van der Waals surface area contributed by atoms with Gasteiger partial charge in [-0.15, -0.1) is 16.9 Å². The SMILES string of the molecule is CCc1nnc(SCC(C)C(=O)OC)c(C#N)c1CC. The van der Waals surface area contributed by atoms with Gasteiger partial charge < -0.3 is 4.74 Å². The van der Waals surface area contributed by atoms with Crippen molar-refractivity contribution in [2.45, 2.75) is 38.6 Å². The lowest BCUT2D eigenvalue weighted by molar-refractivity contribution is -0.143. The van der Waals surface area contributed by atoms with Crippen molar-refractivity contribution >= 4 is 17.7 Å². The number of hydrogen-bond donors (Lipinski definition) is 0. The van der Waals surface area contributed by atoms with E-state index in [-0.39, 0.29) is 11.9 Å². The summed E-state index contributed by atoms with van der Waals surface area (Å²) in [5.41, 5.74) is 2.41. The summed E-state index contributed by atoms with van der Waals surface area (Å²) in [7, 11) is 1.37. The maximum absolute atomic E-state index is 11.4. The van der Waals surface area contributed by atoms with Gasteiger partial charge in [-0.25, -0.2) is 0 Å². The predicted molar refractivity (Wildman–Crippen MR) is 77.4 cm³/mol. The molecule has 0 amide bonds. The molecule has 0 radical (unpaired) electrons. The Kier molecular flexibility index (Phi) is 6.46. The van der Waals surface area contributed by atoms with E-state index in [1.54, 1.807) is 6.92 Å². The molecule has 1 aromatic heterocycles. The van der Waals surface area contributed by atoms with Crippen LogP contribution in [0.4, 0.5) is 0 Å². The minimum atomic E-state index is -0.259. The van der Waals surface area contributed by atoms with Crippen molar-refractivity contribution in [1.82, 2.24) is 10.2 Å². The molecule has 1 atom stereocenters. The van der Waals surface area contributed by atoms with E-state index in [0.29, 0.717) is 16.3 Å². The van der Waals surface area contributed by atoms with Gasteiger partial charge >= 0.3 is 5.97 Å². The molecule has 108 valence electrons. The van der Waals surface area contributed by atoms with Gasteiger partial charge in [-0.1, -0.05) is 20.8 Å². The van der Waals surface area contributed by atoms with E-state index in [0.717, 1.165) is 24.1 Å². The van der Waals surface area contributed by atoms with Gasteiger partial charge in [-0.2, -0.15) is 10.4 Å². The van der Waals surface area contributed by atoms with E-state index in [4.69, 9.17) is 0 Å². The highest BCUT2D eigenvalue weighted by Gasteiger charge is 2.18. The zero-order chi connectivity index (χ0) is 15.1. The van der Waals surface area contributed by atoms with Gasteiger partial charge in [0, 0.05) is 5.75 Å². The van der Waals surface area contributed by atoms with Crippen molar-refractivity contribution in [1.29, 1.82) is 5.26 Å². The molecule has 0 aliphatic heterocycles. The Morgan fingerprint density at radius 2 is 2.10 bits per heavy atom. The van der Waals surface area contributed by atoms with Crippen LogP contribution in [-0.4, -0.2) is 29.0 Å². The first-order chi connectivity index (χ1) is 9.58. The third kappa shape index (κ3) is 3.70. The van der Waals surface area contributed by atoms with Crippen molar-refractivity contribution in [3.63, 3.8) is 0 Å². The molecular weight excluding hydrogens is 274 g/mol. The zero-order valence-corrected chi connectivity index (χ0v) is 13.1. The molecular formula is C14H19N3O2S. The summed E-state index contributed by atoms with van der Waals surface area (Å²) in [5.74, 6) is 0.0177. The Bertz CT molecular complexity index is 526. The smallest absolute Gasteiger partial charge is 0.309 e. The van der Waals surface area contributed by atoms with Crippen molar-refractivity contribution in [2.24, 2.45) is 5.92 Å². The average molecular weight is 293 g/mol. The van der Waals surface area contributed by atoms with Crippen LogP contribution in [0, 0.1) is 17.2 Å². The zero-order valence-electron chi connectivity index (χ0n) is 12.3. The fourth-order valence-electron chi connectivity index (χ4n) is 1.84. The minimum Gasteiger partial charge on any atom is -0.469 e. The van der Waals surface area contributed by atoms with E-state index in [1.165, 1.54) is 18.9 Å². The quantitative estimate of drug-likeness (QED) is 0.592. The molecule has 0 aromatic carbocycles. The van der Waals surface area contributed by atoms with Crippen molar-refractivity contribution in [3.05, 3.63) is 16.8 Å². The highest BCUT2D eigenvalue weighted by molar-refractivity contribution is 7.99. The second-order valence-electron chi connectivity index (χ2n) is 4.36. The van der Waals surface area contributed by atoms with Crippen LogP contribution in [0.2, 0.25) is 0 Å². The number of aryl methyl sites for hydroxylation is 1. The largest absolute Gasteiger partial charge is 0.469 e. The summed E-state index contributed by atoms with van der Waals surface area (Å²) in [6.45, 7) is 5.79. The van der Waals surface area contributed by atoms with Crippen LogP contribution in [-0.2, 0) is 22.4 Å². The van der Waals surface area contributed by atoms with Crippen molar-refractivity contribution in [3.8, 4) is 6.07 Å². The van der Waals surface area contributed by atoms with Crippen LogP contribution in [0.5, 0.6) is 0 Å². The third-order valence-electron chi connectivity index (χ3n) is 3.00. The molecule has 0 bridgehead atoms. The third-order valence-corrected chi connectivity index (χ3v) is 4.23. The van der Waals surface area contributed by atoms with Crippen molar-refractivity contribution < 1.29 is 9.53 Å². The first kappa shape index (κ1) is 16.4. The highest BCUT2D eigenvalue weighted by atomic mass is 32.2. The summed E-state index contributed by atoms with van der Waals surface area (Å²) < 4.78 is 4.69. The van der Waals surface area contributed by atoms with Gasteiger partial charge in [0.1, 0.15) is 11.1 Å². The molecule has 0 spiro atoms. The summed E-state index contributed by atoms with van der Waals surface area (Å²) in [6.07, 6.45) is 1.51. The molecule has 0 saturated carbocycles. The lowest BCUT2D eigenvalue weighted by atomic mass is 10.1. The van der Waals surface area contributed by atoms with Gasteiger partial charge in [0.25, 0.3) is 0 Å². The summed E-state index contributed by atoms with van der Waals surface area (Å²) in [4.78, 5) is 11.4. The number of nitriles is 1. The number of ether oxygens (including phenoxy) is 1. The molecule has 1 rings (SSSR count). The number of methoxy groups -OCH3 is 1. The lowest BCUT2D eigenvalue weighted by Gasteiger charge is -2.11. The molecule has 0 fully saturated rings. The standard InChI is InChI=1S/C14H19N3O2S/c1-5-10-11(7-15)13(17-16-12(10)6-2)20-8-9(3)14(18)19-4/h9H,5-6,8H2,1-4H3. The monoisotopic (exact) mass is 293 g/mol. The molecule has 1 heterocycles. The lowest BCUT2D eigenvalue weighted by Crippen LogP contribution is -2.15. The van der Waals surface area contributed by atoms with Crippen LogP contribution in [0.1, 0.15) is 37.6 Å². The number of rotatable bonds is 6. The van der Waals surface area contributed by atoms with Crippen molar-refractivity contribution in [2.75, 3.05) is 12.9 Å². The van der Waals surface area contributed by atoms with Gasteiger partial charge in [-0.05, 0) is 18.4 Å². The summed E-state index contributed by atoms with van der Waals surface area (Å²) in [6, 6.07) is 2.22. The Morgan fingerprint density at radius 3 is 2.60 bits per heavy atom. The maximum atomic E-state index is 11.4.